The summed E-state index contributed by atoms with van der Waals surface area (Å²) in [6, 6.07) is 5.35. The number of amides is 2. The van der Waals surface area contributed by atoms with E-state index in [9.17, 15) is 9.59 Å². The van der Waals surface area contributed by atoms with Gasteiger partial charge in [0.2, 0.25) is 0 Å². The molecule has 0 radical (unpaired) electrons. The Morgan fingerprint density at radius 2 is 2.18 bits per heavy atom. The normalized spacial score (nSPS) is 17.1. The first-order valence-electron chi connectivity index (χ1n) is 9.44. The van der Waals surface area contributed by atoms with Crippen molar-refractivity contribution in [2.45, 2.75) is 45.3 Å². The lowest BCUT2D eigenvalue weighted by molar-refractivity contribution is 0.0499. The molecule has 1 unspecified atom stereocenters. The van der Waals surface area contributed by atoms with Gasteiger partial charge in [0.1, 0.15) is 11.4 Å². The van der Waals surface area contributed by atoms with Gasteiger partial charge in [0.25, 0.3) is 5.91 Å². The smallest absolute Gasteiger partial charge is 0.407 e. The van der Waals surface area contributed by atoms with Crippen LogP contribution in [0.1, 0.15) is 44.0 Å². The monoisotopic (exact) mass is 385 g/mol. The van der Waals surface area contributed by atoms with Crippen LogP contribution in [0.5, 0.6) is 0 Å². The lowest BCUT2D eigenvalue weighted by atomic mass is 10.1. The molecule has 0 saturated carbocycles. The van der Waals surface area contributed by atoms with Gasteiger partial charge in [-0.25, -0.2) is 4.79 Å². The Kier molecular flexibility index (Phi) is 5.87. The molecule has 0 aromatic carbocycles. The molecule has 3 heterocycles. The largest absolute Gasteiger partial charge is 0.444 e. The van der Waals surface area contributed by atoms with E-state index in [1.54, 1.807) is 24.5 Å². The zero-order valence-corrected chi connectivity index (χ0v) is 16.5. The molecule has 0 aliphatic carbocycles. The van der Waals surface area contributed by atoms with E-state index in [0.717, 1.165) is 25.2 Å². The van der Waals surface area contributed by atoms with Crippen molar-refractivity contribution in [1.82, 2.24) is 15.3 Å². The number of H-pyrrole nitrogens is 1. The number of pyridine rings is 1. The predicted molar refractivity (Wildman–Crippen MR) is 108 cm³/mol. The third-order valence-corrected chi connectivity index (χ3v) is 4.33. The average Bonchev–Trinajstić information content (AvgIpc) is 3.09. The molecule has 2 aromatic heterocycles. The van der Waals surface area contributed by atoms with Gasteiger partial charge < -0.3 is 25.3 Å². The molecule has 8 heteroatoms. The highest BCUT2D eigenvalue weighted by atomic mass is 16.6. The summed E-state index contributed by atoms with van der Waals surface area (Å²) in [5, 5.41) is 5.80. The number of piperidine rings is 1. The number of anilines is 2. The van der Waals surface area contributed by atoms with E-state index < -0.39 is 11.7 Å². The highest BCUT2D eigenvalue weighted by molar-refractivity contribution is 6.04. The highest BCUT2D eigenvalue weighted by Gasteiger charge is 2.25. The number of aromatic nitrogens is 2. The van der Waals surface area contributed by atoms with Crippen LogP contribution in [0.4, 0.5) is 16.3 Å². The van der Waals surface area contributed by atoms with Crippen molar-refractivity contribution in [3.05, 3.63) is 42.4 Å². The summed E-state index contributed by atoms with van der Waals surface area (Å²) in [4.78, 5) is 33.6. The quantitative estimate of drug-likeness (QED) is 0.751. The van der Waals surface area contributed by atoms with Crippen LogP contribution in [0.25, 0.3) is 0 Å². The van der Waals surface area contributed by atoms with E-state index in [0.29, 0.717) is 17.8 Å². The Hall–Kier alpha value is -3.03. The first-order valence-corrected chi connectivity index (χ1v) is 9.44. The number of alkyl carbamates (subject to hydrolysis) is 1. The Morgan fingerprint density at radius 3 is 2.89 bits per heavy atom. The van der Waals surface area contributed by atoms with Crippen molar-refractivity contribution in [3.8, 4) is 0 Å². The molecule has 1 atom stereocenters. The Labute approximate surface area is 164 Å². The van der Waals surface area contributed by atoms with E-state index in [1.165, 1.54) is 6.20 Å². The van der Waals surface area contributed by atoms with E-state index >= 15 is 0 Å². The summed E-state index contributed by atoms with van der Waals surface area (Å²) in [6.45, 7) is 7.10. The zero-order chi connectivity index (χ0) is 20.1. The van der Waals surface area contributed by atoms with Crippen LogP contribution in [0.2, 0.25) is 0 Å². The van der Waals surface area contributed by atoms with Crippen LogP contribution in [0.3, 0.4) is 0 Å². The van der Waals surface area contributed by atoms with Gasteiger partial charge in [0, 0.05) is 43.8 Å². The summed E-state index contributed by atoms with van der Waals surface area (Å²) in [5.41, 5.74) is 0.676. The number of carbonyl (C=O) groups excluding carboxylic acids is 2. The first-order chi connectivity index (χ1) is 13.3. The first kappa shape index (κ1) is 19.7. The van der Waals surface area contributed by atoms with Crippen molar-refractivity contribution in [2.24, 2.45) is 0 Å². The van der Waals surface area contributed by atoms with E-state index in [2.05, 4.69) is 25.5 Å². The van der Waals surface area contributed by atoms with Gasteiger partial charge in [-0.3, -0.25) is 9.78 Å². The summed E-state index contributed by atoms with van der Waals surface area (Å²) in [5.74, 6) is 0.693. The van der Waals surface area contributed by atoms with Crippen molar-refractivity contribution < 1.29 is 14.3 Å². The van der Waals surface area contributed by atoms with E-state index in [4.69, 9.17) is 4.74 Å². The number of ether oxygens (including phenoxy) is 1. The van der Waals surface area contributed by atoms with Crippen molar-refractivity contribution >= 4 is 23.5 Å². The third kappa shape index (κ3) is 5.48. The second-order valence-electron chi connectivity index (χ2n) is 7.90. The van der Waals surface area contributed by atoms with Crippen LogP contribution in [-0.2, 0) is 4.74 Å². The van der Waals surface area contributed by atoms with Gasteiger partial charge in [-0.2, -0.15) is 0 Å². The number of nitrogens with zero attached hydrogens (tertiary/aromatic N) is 2. The van der Waals surface area contributed by atoms with Gasteiger partial charge in [-0.15, -0.1) is 0 Å². The minimum atomic E-state index is -0.515. The number of nitrogens with one attached hydrogen (secondary N) is 3. The minimum Gasteiger partial charge on any atom is -0.444 e. The van der Waals surface area contributed by atoms with Crippen molar-refractivity contribution in [3.63, 3.8) is 0 Å². The number of carbonyl (C=O) groups is 2. The molecule has 0 spiro atoms. The number of hydrogen-bond donors (Lipinski definition) is 3. The highest BCUT2D eigenvalue weighted by Crippen LogP contribution is 2.23. The Bertz CT molecular complexity index is 813. The molecule has 1 saturated heterocycles. The third-order valence-electron chi connectivity index (χ3n) is 4.33. The topological polar surface area (TPSA) is 99.3 Å². The van der Waals surface area contributed by atoms with Crippen LogP contribution in [0.15, 0.2) is 36.8 Å². The molecule has 8 nitrogen and oxygen atoms in total. The SMILES string of the molecule is CC(C)(C)OC(=O)NC1CCCN(c2cc(NC(=O)c3cccnc3)c[nH]2)C1. The fourth-order valence-electron chi connectivity index (χ4n) is 3.13. The zero-order valence-electron chi connectivity index (χ0n) is 16.5. The molecule has 150 valence electrons. The Morgan fingerprint density at radius 1 is 1.36 bits per heavy atom. The van der Waals surface area contributed by atoms with Gasteiger partial charge in [-0.05, 0) is 45.7 Å². The van der Waals surface area contributed by atoms with E-state index in [-0.39, 0.29) is 11.9 Å². The molecule has 3 rings (SSSR count). The standard InChI is InChI=1S/C20H27N5O3/c1-20(2,3)28-19(27)24-15-7-5-9-25(13-15)17-10-16(12-22-17)23-18(26)14-6-4-8-21-11-14/h4,6,8,10-12,15,22H,5,7,9,13H2,1-3H3,(H,23,26)(H,24,27). The molecule has 3 N–H and O–H groups in total. The fourth-order valence-corrected chi connectivity index (χ4v) is 3.13. The molecule has 1 aliphatic heterocycles. The molecule has 0 bridgehead atoms. The molecular weight excluding hydrogens is 358 g/mol. The van der Waals surface area contributed by atoms with Crippen LogP contribution in [0, 0.1) is 0 Å². The van der Waals surface area contributed by atoms with Gasteiger partial charge >= 0.3 is 6.09 Å². The van der Waals surface area contributed by atoms with Crippen molar-refractivity contribution in [2.75, 3.05) is 23.3 Å². The van der Waals surface area contributed by atoms with Crippen LogP contribution < -0.4 is 15.5 Å². The Balaban J connectivity index is 1.57. The van der Waals surface area contributed by atoms with Crippen molar-refractivity contribution in [1.29, 1.82) is 0 Å². The summed E-state index contributed by atoms with van der Waals surface area (Å²) in [6.07, 6.45) is 6.38. The van der Waals surface area contributed by atoms with Gasteiger partial charge in [-0.1, -0.05) is 0 Å². The second-order valence-corrected chi connectivity index (χ2v) is 7.90. The number of rotatable bonds is 4. The summed E-state index contributed by atoms with van der Waals surface area (Å²) in [7, 11) is 0. The molecule has 1 aliphatic rings. The van der Waals surface area contributed by atoms with Gasteiger partial charge in [0.05, 0.1) is 11.3 Å². The molecule has 1 fully saturated rings. The maximum atomic E-state index is 12.2. The van der Waals surface area contributed by atoms with Crippen LogP contribution in [-0.4, -0.2) is 46.7 Å². The molecular formula is C20H27N5O3. The molecule has 2 aromatic rings. The van der Waals surface area contributed by atoms with Crippen LogP contribution >= 0.6 is 0 Å². The second kappa shape index (κ2) is 8.33. The summed E-state index contributed by atoms with van der Waals surface area (Å²) < 4.78 is 5.34. The van der Waals surface area contributed by atoms with Gasteiger partial charge in [0.15, 0.2) is 0 Å². The average molecular weight is 385 g/mol. The lowest BCUT2D eigenvalue weighted by Crippen LogP contribution is -2.49. The summed E-state index contributed by atoms with van der Waals surface area (Å²) >= 11 is 0. The molecule has 28 heavy (non-hydrogen) atoms. The lowest BCUT2D eigenvalue weighted by Gasteiger charge is -2.34. The minimum absolute atomic E-state index is 0.0142. The fraction of sp³-hybridized carbons (Fsp3) is 0.450. The molecule has 2 amide bonds. The predicted octanol–water partition coefficient (Wildman–Crippen LogP) is 3.16. The number of aromatic amines is 1. The van der Waals surface area contributed by atoms with E-state index in [1.807, 2.05) is 26.8 Å². The number of hydrogen-bond acceptors (Lipinski definition) is 5. The maximum Gasteiger partial charge on any atom is 0.407 e. The maximum absolute atomic E-state index is 12.2.